The first kappa shape index (κ1) is 41.9. The van der Waals surface area contributed by atoms with Gasteiger partial charge in [-0.25, -0.2) is 4.79 Å². The lowest BCUT2D eigenvalue weighted by atomic mass is 9.72. The topological polar surface area (TPSA) is 141 Å². The van der Waals surface area contributed by atoms with Crippen LogP contribution < -0.4 is 30.2 Å². The molecule has 3 aromatic carbocycles. The molecule has 2 unspecified atom stereocenters. The van der Waals surface area contributed by atoms with Gasteiger partial charge in [-0.1, -0.05) is 52.0 Å². The first-order valence-corrected chi connectivity index (χ1v) is 20.0. The van der Waals surface area contributed by atoms with Crippen molar-refractivity contribution in [2.45, 2.75) is 63.5 Å². The third kappa shape index (κ3) is 9.93. The van der Waals surface area contributed by atoms with Crippen LogP contribution in [0, 0.1) is 11.3 Å². The van der Waals surface area contributed by atoms with Gasteiger partial charge in [-0.3, -0.25) is 14.4 Å². The molecule has 1 heterocycles. The van der Waals surface area contributed by atoms with Gasteiger partial charge in [-0.15, -0.1) is 23.1 Å². The number of carbonyl (C=O) groups excluding carboxylic acids is 4. The highest BCUT2D eigenvalue weighted by molar-refractivity contribution is 8.00. The van der Waals surface area contributed by atoms with E-state index in [9.17, 15) is 19.2 Å². The minimum Gasteiger partial charge on any atom is -0.493 e. The molecule has 0 saturated heterocycles. The SMILES string of the molecule is CCC(Sc1cccc(NC(=O)/C(=C\c2cc(OC)c(OC)c(OC)c2)NC(=O)c2ccccc2)c1)C(=O)Nc1sc2c(c1C(=O)OC)CCC(C(C)(C)C)C2. The first-order chi connectivity index (χ1) is 26.8. The van der Waals surface area contributed by atoms with Crippen LogP contribution in [0.25, 0.3) is 6.08 Å². The molecular formula is C43H49N3O8S2. The van der Waals surface area contributed by atoms with E-state index in [4.69, 9.17) is 18.9 Å². The largest absolute Gasteiger partial charge is 0.493 e. The number of hydrogen-bond acceptors (Lipinski definition) is 10. The molecule has 11 nitrogen and oxygen atoms in total. The zero-order valence-electron chi connectivity index (χ0n) is 33.0. The van der Waals surface area contributed by atoms with Gasteiger partial charge in [-0.2, -0.15) is 0 Å². The molecule has 5 rings (SSSR count). The molecule has 1 aliphatic rings. The number of amides is 3. The lowest BCUT2D eigenvalue weighted by Crippen LogP contribution is -2.30. The molecule has 13 heteroatoms. The Morgan fingerprint density at radius 2 is 1.61 bits per heavy atom. The van der Waals surface area contributed by atoms with Crippen LogP contribution in [0.2, 0.25) is 0 Å². The van der Waals surface area contributed by atoms with Crippen LogP contribution in [-0.2, 0) is 27.2 Å². The highest BCUT2D eigenvalue weighted by Gasteiger charge is 2.35. The Labute approximate surface area is 336 Å². The Bertz CT molecular complexity index is 2080. The second kappa shape index (κ2) is 18.6. The first-order valence-electron chi connectivity index (χ1n) is 18.3. The molecule has 0 radical (unpaired) electrons. The molecule has 0 spiro atoms. The molecule has 2 atom stereocenters. The smallest absolute Gasteiger partial charge is 0.341 e. The molecule has 0 fully saturated rings. The van der Waals surface area contributed by atoms with Gasteiger partial charge >= 0.3 is 5.97 Å². The minimum atomic E-state index is -0.583. The molecule has 56 heavy (non-hydrogen) atoms. The number of ether oxygens (including phenoxy) is 4. The number of carbonyl (C=O) groups is 4. The maximum absolute atomic E-state index is 13.9. The van der Waals surface area contributed by atoms with E-state index in [2.05, 4.69) is 36.7 Å². The quantitative estimate of drug-likeness (QED) is 0.0650. The van der Waals surface area contributed by atoms with Crippen molar-refractivity contribution in [2.75, 3.05) is 39.1 Å². The van der Waals surface area contributed by atoms with E-state index in [1.54, 1.807) is 60.7 Å². The standard InChI is InChI=1S/C43H49N3O8S2/c1-9-34(40(49)46-41-36(42(50)54-8)30-19-18-27(43(2,3)4)23-35(30)56-41)55-29-17-13-16-28(24-29)44-39(48)31(45-38(47)26-14-11-10-12-15-26)20-25-21-32(51-5)37(53-7)33(22-25)52-6/h10-17,20-22,24,27,34H,9,18-19,23H2,1-8H3,(H,44,48)(H,45,47)(H,46,49)/b31-20+. The van der Waals surface area contributed by atoms with Crippen LogP contribution >= 0.6 is 23.1 Å². The molecule has 3 amide bonds. The number of esters is 1. The van der Waals surface area contributed by atoms with Crippen molar-refractivity contribution >= 4 is 63.6 Å². The predicted molar refractivity (Wildman–Crippen MR) is 222 cm³/mol. The van der Waals surface area contributed by atoms with Gasteiger partial charge in [-0.05, 0) is 96.7 Å². The number of rotatable bonds is 14. The number of methoxy groups -OCH3 is 4. The van der Waals surface area contributed by atoms with Gasteiger partial charge < -0.3 is 34.9 Å². The maximum Gasteiger partial charge on any atom is 0.341 e. The summed E-state index contributed by atoms with van der Waals surface area (Å²) >= 11 is 2.81. The number of anilines is 2. The van der Waals surface area contributed by atoms with Crippen LogP contribution in [0.1, 0.15) is 77.3 Å². The van der Waals surface area contributed by atoms with Crippen molar-refractivity contribution in [3.8, 4) is 17.2 Å². The summed E-state index contributed by atoms with van der Waals surface area (Å²) in [6.07, 6.45) is 4.60. The summed E-state index contributed by atoms with van der Waals surface area (Å²) in [5.74, 6) is -0.140. The second-order valence-electron chi connectivity index (χ2n) is 14.3. The van der Waals surface area contributed by atoms with Gasteiger partial charge in [0.05, 0.1) is 39.3 Å². The highest BCUT2D eigenvalue weighted by atomic mass is 32.2. The number of fused-ring (bicyclic) bond motifs is 1. The normalized spacial score (nSPS) is 14.5. The number of hydrogen-bond donors (Lipinski definition) is 3. The Hall–Kier alpha value is -5.27. The number of benzene rings is 3. The van der Waals surface area contributed by atoms with Crippen molar-refractivity contribution in [3.63, 3.8) is 0 Å². The summed E-state index contributed by atoms with van der Waals surface area (Å²) in [5.41, 5.74) is 2.84. The van der Waals surface area contributed by atoms with E-state index >= 15 is 0 Å². The summed E-state index contributed by atoms with van der Waals surface area (Å²) in [7, 11) is 5.83. The maximum atomic E-state index is 13.9. The highest BCUT2D eigenvalue weighted by Crippen LogP contribution is 2.45. The summed E-state index contributed by atoms with van der Waals surface area (Å²) in [5, 5.41) is 8.72. The van der Waals surface area contributed by atoms with E-state index in [0.717, 1.165) is 34.6 Å². The van der Waals surface area contributed by atoms with Crippen LogP contribution in [0.15, 0.2) is 77.3 Å². The Kier molecular flexibility index (Phi) is 13.9. The van der Waals surface area contributed by atoms with Gasteiger partial charge in [0, 0.05) is 21.0 Å². The average Bonchev–Trinajstić information content (AvgIpc) is 3.55. The van der Waals surface area contributed by atoms with Crippen LogP contribution in [0.3, 0.4) is 0 Å². The minimum absolute atomic E-state index is 0.0362. The van der Waals surface area contributed by atoms with Crippen LogP contribution in [0.4, 0.5) is 10.7 Å². The number of nitrogens with one attached hydrogen (secondary N) is 3. The summed E-state index contributed by atoms with van der Waals surface area (Å²) in [6, 6.07) is 19.0. The Morgan fingerprint density at radius 1 is 0.911 bits per heavy atom. The zero-order valence-corrected chi connectivity index (χ0v) is 34.6. The summed E-state index contributed by atoms with van der Waals surface area (Å²) in [4.78, 5) is 55.8. The third-order valence-corrected chi connectivity index (χ3v) is 12.2. The van der Waals surface area contributed by atoms with Crippen LogP contribution in [-0.4, -0.2) is 57.4 Å². The van der Waals surface area contributed by atoms with E-state index in [-0.39, 0.29) is 17.0 Å². The van der Waals surface area contributed by atoms with Gasteiger partial charge in [0.1, 0.15) is 10.7 Å². The zero-order chi connectivity index (χ0) is 40.6. The van der Waals surface area contributed by atoms with E-state index in [1.165, 1.54) is 57.6 Å². The third-order valence-electron chi connectivity index (χ3n) is 9.68. The van der Waals surface area contributed by atoms with E-state index in [0.29, 0.717) is 57.0 Å². The fourth-order valence-corrected chi connectivity index (χ4v) is 8.88. The monoisotopic (exact) mass is 799 g/mol. The van der Waals surface area contributed by atoms with Crippen LogP contribution in [0.5, 0.6) is 17.2 Å². The van der Waals surface area contributed by atoms with Gasteiger partial charge in [0.2, 0.25) is 11.7 Å². The van der Waals surface area contributed by atoms with Gasteiger partial charge in [0.15, 0.2) is 11.5 Å². The second-order valence-corrected chi connectivity index (χ2v) is 16.7. The molecular weight excluding hydrogens is 751 g/mol. The lowest BCUT2D eigenvalue weighted by Gasteiger charge is -2.33. The summed E-state index contributed by atoms with van der Waals surface area (Å²) < 4.78 is 21.6. The number of thiophene rings is 1. The molecule has 4 aromatic rings. The molecule has 0 aliphatic heterocycles. The number of thioether (sulfide) groups is 1. The fourth-order valence-electron chi connectivity index (χ4n) is 6.55. The average molecular weight is 800 g/mol. The molecule has 3 N–H and O–H groups in total. The van der Waals surface area contributed by atoms with E-state index in [1.807, 2.05) is 13.0 Å². The molecule has 0 saturated carbocycles. The molecule has 0 bridgehead atoms. The van der Waals surface area contributed by atoms with Crippen molar-refractivity contribution in [3.05, 3.63) is 99.6 Å². The molecule has 1 aliphatic carbocycles. The Morgan fingerprint density at radius 3 is 2.21 bits per heavy atom. The molecule has 1 aromatic heterocycles. The van der Waals surface area contributed by atoms with Crippen molar-refractivity contribution in [1.82, 2.24) is 5.32 Å². The molecule has 296 valence electrons. The van der Waals surface area contributed by atoms with Crippen molar-refractivity contribution in [1.29, 1.82) is 0 Å². The lowest BCUT2D eigenvalue weighted by molar-refractivity contribution is -0.116. The van der Waals surface area contributed by atoms with Gasteiger partial charge in [0.25, 0.3) is 11.8 Å². The van der Waals surface area contributed by atoms with Crippen molar-refractivity contribution < 1.29 is 38.1 Å². The Balaban J connectivity index is 1.37. The van der Waals surface area contributed by atoms with Crippen molar-refractivity contribution in [2.24, 2.45) is 11.3 Å². The fraction of sp³-hybridized carbons (Fsp3) is 0.349. The van der Waals surface area contributed by atoms with E-state index < -0.39 is 23.0 Å². The predicted octanol–water partition coefficient (Wildman–Crippen LogP) is 8.63. The summed E-state index contributed by atoms with van der Waals surface area (Å²) in [6.45, 7) is 8.64.